The number of aromatic nitrogens is 2. The van der Waals surface area contributed by atoms with Crippen molar-refractivity contribution in [3.8, 4) is 17.1 Å². The van der Waals surface area contributed by atoms with Gasteiger partial charge >= 0.3 is 6.09 Å². The van der Waals surface area contributed by atoms with E-state index in [1.54, 1.807) is 12.1 Å². The van der Waals surface area contributed by atoms with Crippen molar-refractivity contribution in [1.82, 2.24) is 15.3 Å². The number of benzene rings is 2. The maximum atomic E-state index is 11.6. The van der Waals surface area contributed by atoms with Crippen LogP contribution in [0.4, 0.5) is 10.6 Å². The minimum absolute atomic E-state index is 0.0137. The number of amides is 1. The summed E-state index contributed by atoms with van der Waals surface area (Å²) in [7, 11) is 1.37. The van der Waals surface area contributed by atoms with Gasteiger partial charge in [0.2, 0.25) is 0 Å². The molecule has 2 heterocycles. The molecule has 7 nitrogen and oxygen atoms in total. The fourth-order valence-electron chi connectivity index (χ4n) is 3.76. The number of ether oxygens (including phenoxy) is 1. The summed E-state index contributed by atoms with van der Waals surface area (Å²) < 4.78 is 4.75. The summed E-state index contributed by atoms with van der Waals surface area (Å²) in [6.45, 7) is 3.49. The first-order chi connectivity index (χ1) is 14.0. The molecule has 2 N–H and O–H groups in total. The van der Waals surface area contributed by atoms with Crippen molar-refractivity contribution in [3.05, 3.63) is 48.0 Å². The number of aryl methyl sites for hydroxylation is 1. The number of nitrogens with zero attached hydrogens (tertiary/aromatic N) is 3. The van der Waals surface area contributed by atoms with E-state index in [4.69, 9.17) is 14.7 Å². The largest absolute Gasteiger partial charge is 0.507 e. The van der Waals surface area contributed by atoms with Crippen molar-refractivity contribution in [2.75, 3.05) is 25.1 Å². The van der Waals surface area contributed by atoms with E-state index in [1.165, 1.54) is 7.11 Å². The number of aromatic hydroxyl groups is 1. The minimum atomic E-state index is -0.421. The number of rotatable bonds is 3. The van der Waals surface area contributed by atoms with E-state index in [-0.39, 0.29) is 11.8 Å². The average molecular weight is 392 g/mol. The Bertz CT molecular complexity index is 1050. The van der Waals surface area contributed by atoms with Crippen LogP contribution in [0.3, 0.4) is 0 Å². The summed E-state index contributed by atoms with van der Waals surface area (Å²) in [4.78, 5) is 23.4. The zero-order valence-corrected chi connectivity index (χ0v) is 16.6. The molecule has 3 aromatic rings. The molecule has 1 saturated heterocycles. The third-order valence-corrected chi connectivity index (χ3v) is 5.21. The van der Waals surface area contributed by atoms with Gasteiger partial charge in [-0.05, 0) is 49.6 Å². The van der Waals surface area contributed by atoms with E-state index in [2.05, 4.69) is 10.2 Å². The predicted molar refractivity (Wildman–Crippen MR) is 112 cm³/mol. The number of para-hydroxylation sites is 1. The number of hydrogen-bond acceptors (Lipinski definition) is 6. The van der Waals surface area contributed by atoms with Gasteiger partial charge in [-0.15, -0.1) is 0 Å². The van der Waals surface area contributed by atoms with Gasteiger partial charge in [-0.25, -0.2) is 14.8 Å². The number of fused-ring (bicyclic) bond motifs is 1. The van der Waals surface area contributed by atoms with Gasteiger partial charge in [0, 0.05) is 24.5 Å². The fraction of sp³-hybridized carbons (Fsp3) is 0.318. The Morgan fingerprint density at radius 1 is 1.24 bits per heavy atom. The average Bonchev–Trinajstić information content (AvgIpc) is 2.73. The predicted octanol–water partition coefficient (Wildman–Crippen LogP) is 3.64. The fourth-order valence-corrected chi connectivity index (χ4v) is 3.76. The normalized spacial score (nSPS) is 16.6. The van der Waals surface area contributed by atoms with Gasteiger partial charge in [0.05, 0.1) is 18.2 Å². The quantitative estimate of drug-likeness (QED) is 0.708. The number of phenols is 1. The van der Waals surface area contributed by atoms with E-state index in [0.717, 1.165) is 41.7 Å². The van der Waals surface area contributed by atoms with E-state index in [0.29, 0.717) is 17.9 Å². The molecule has 29 heavy (non-hydrogen) atoms. The van der Waals surface area contributed by atoms with Crippen molar-refractivity contribution in [1.29, 1.82) is 0 Å². The molecule has 1 aromatic heterocycles. The third kappa shape index (κ3) is 3.94. The van der Waals surface area contributed by atoms with E-state index in [9.17, 15) is 9.90 Å². The second kappa shape index (κ2) is 7.95. The Balaban J connectivity index is 1.78. The van der Waals surface area contributed by atoms with Crippen LogP contribution in [0.1, 0.15) is 18.4 Å². The summed E-state index contributed by atoms with van der Waals surface area (Å²) in [6.07, 6.45) is 1.40. The summed E-state index contributed by atoms with van der Waals surface area (Å²) >= 11 is 0. The molecule has 0 aliphatic carbocycles. The van der Waals surface area contributed by atoms with Crippen molar-refractivity contribution in [3.63, 3.8) is 0 Å². The highest BCUT2D eigenvalue weighted by Crippen LogP contribution is 2.32. The highest BCUT2D eigenvalue weighted by atomic mass is 16.5. The van der Waals surface area contributed by atoms with Crippen LogP contribution in [0.15, 0.2) is 42.5 Å². The first-order valence-electron chi connectivity index (χ1n) is 9.71. The number of carbonyl (C=O) groups excluding carboxylic acids is 1. The molecule has 1 fully saturated rings. The number of carbonyl (C=O) groups is 1. The molecule has 7 heteroatoms. The Morgan fingerprint density at radius 2 is 2.07 bits per heavy atom. The second-order valence-electron chi connectivity index (χ2n) is 7.33. The van der Waals surface area contributed by atoms with Gasteiger partial charge in [-0.1, -0.05) is 18.2 Å². The minimum Gasteiger partial charge on any atom is -0.507 e. The summed E-state index contributed by atoms with van der Waals surface area (Å²) in [5.41, 5.74) is 2.53. The summed E-state index contributed by atoms with van der Waals surface area (Å²) in [6, 6.07) is 13.2. The number of hydrogen-bond donors (Lipinski definition) is 2. The van der Waals surface area contributed by atoms with E-state index in [1.807, 2.05) is 37.3 Å². The lowest BCUT2D eigenvalue weighted by Gasteiger charge is -2.34. The lowest BCUT2D eigenvalue weighted by molar-refractivity contribution is 0.165. The number of anilines is 1. The highest BCUT2D eigenvalue weighted by molar-refractivity contribution is 5.92. The molecule has 150 valence electrons. The highest BCUT2D eigenvalue weighted by Gasteiger charge is 2.25. The molecule has 0 bridgehead atoms. The Morgan fingerprint density at radius 3 is 2.86 bits per heavy atom. The molecule has 1 aliphatic rings. The molecule has 0 saturated carbocycles. The lowest BCUT2D eigenvalue weighted by atomic mass is 10.0. The van der Waals surface area contributed by atoms with Crippen LogP contribution in [0.25, 0.3) is 22.3 Å². The van der Waals surface area contributed by atoms with Crippen LogP contribution in [0, 0.1) is 6.92 Å². The number of methoxy groups -OCH3 is 1. The summed E-state index contributed by atoms with van der Waals surface area (Å²) in [5, 5.41) is 14.2. The first-order valence-corrected chi connectivity index (χ1v) is 9.71. The first kappa shape index (κ1) is 19.0. The van der Waals surface area contributed by atoms with Crippen LogP contribution < -0.4 is 10.2 Å². The molecule has 1 amide bonds. The Hall–Kier alpha value is -3.35. The molecule has 4 rings (SSSR count). The zero-order valence-electron chi connectivity index (χ0n) is 16.6. The van der Waals surface area contributed by atoms with Crippen LogP contribution in [0.5, 0.6) is 5.75 Å². The smallest absolute Gasteiger partial charge is 0.407 e. The van der Waals surface area contributed by atoms with Crippen molar-refractivity contribution in [2.45, 2.75) is 25.8 Å². The molecule has 0 spiro atoms. The molecular formula is C22H24N4O3. The van der Waals surface area contributed by atoms with Crippen LogP contribution in [-0.4, -0.2) is 47.4 Å². The number of nitrogens with one attached hydrogen (secondary N) is 1. The van der Waals surface area contributed by atoms with Crippen LogP contribution >= 0.6 is 0 Å². The number of piperidine rings is 1. The van der Waals surface area contributed by atoms with Gasteiger partial charge in [0.25, 0.3) is 0 Å². The van der Waals surface area contributed by atoms with E-state index >= 15 is 0 Å². The SMILES string of the molecule is COC(=O)N[C@@H]1CCCN(c2nc(-c3ccccc3O)nc3cc(C)ccc23)C1. The van der Waals surface area contributed by atoms with Gasteiger partial charge in [-0.2, -0.15) is 0 Å². The van der Waals surface area contributed by atoms with Gasteiger partial charge < -0.3 is 20.1 Å². The molecule has 1 aliphatic heterocycles. The molecular weight excluding hydrogens is 368 g/mol. The van der Waals surface area contributed by atoms with Gasteiger partial charge in [0.15, 0.2) is 5.82 Å². The van der Waals surface area contributed by atoms with Crippen LogP contribution in [-0.2, 0) is 4.74 Å². The topological polar surface area (TPSA) is 87.6 Å². The standard InChI is InChI=1S/C22H24N4O3/c1-14-9-10-16-18(12-14)24-20(17-7-3-4-8-19(17)27)25-21(16)26-11-5-6-15(13-26)23-22(28)29-2/h3-4,7-10,12,15,27H,5-6,11,13H2,1-2H3,(H,23,28)/t15-/m1/s1. The Labute approximate surface area is 169 Å². The molecule has 0 radical (unpaired) electrons. The maximum Gasteiger partial charge on any atom is 0.407 e. The van der Waals surface area contributed by atoms with E-state index < -0.39 is 6.09 Å². The van der Waals surface area contributed by atoms with Crippen molar-refractivity contribution >= 4 is 22.8 Å². The summed E-state index contributed by atoms with van der Waals surface area (Å²) in [5.74, 6) is 1.44. The number of alkyl carbamates (subject to hydrolysis) is 1. The Kier molecular flexibility index (Phi) is 5.20. The second-order valence-corrected chi connectivity index (χ2v) is 7.33. The van der Waals surface area contributed by atoms with Gasteiger partial charge in [0.1, 0.15) is 11.6 Å². The van der Waals surface area contributed by atoms with Crippen molar-refractivity contribution < 1.29 is 14.6 Å². The molecule has 0 unspecified atom stereocenters. The molecule has 2 aromatic carbocycles. The van der Waals surface area contributed by atoms with Gasteiger partial charge in [-0.3, -0.25) is 0 Å². The zero-order chi connectivity index (χ0) is 20.4. The number of phenolic OH excluding ortho intramolecular Hbond substituents is 1. The van der Waals surface area contributed by atoms with Crippen LogP contribution in [0.2, 0.25) is 0 Å². The maximum absolute atomic E-state index is 11.6. The third-order valence-electron chi connectivity index (χ3n) is 5.21. The van der Waals surface area contributed by atoms with Crippen molar-refractivity contribution in [2.24, 2.45) is 0 Å². The monoisotopic (exact) mass is 392 g/mol. The lowest BCUT2D eigenvalue weighted by Crippen LogP contribution is -2.48. The molecule has 1 atom stereocenters.